The zero-order valence-electron chi connectivity index (χ0n) is 24.9. The first kappa shape index (κ1) is 34.2. The van der Waals surface area contributed by atoms with Gasteiger partial charge in [0.2, 0.25) is 17.7 Å². The highest BCUT2D eigenvalue weighted by Gasteiger charge is 2.38. The topological polar surface area (TPSA) is 138 Å². The van der Waals surface area contributed by atoms with E-state index in [1.807, 2.05) is 0 Å². The average Bonchev–Trinajstić information content (AvgIpc) is 3.43. The van der Waals surface area contributed by atoms with Gasteiger partial charge >= 0.3 is 0 Å². The van der Waals surface area contributed by atoms with Crippen LogP contribution in [0.15, 0.2) is 23.0 Å². The number of amides is 4. The molecule has 13 nitrogen and oxygen atoms in total. The van der Waals surface area contributed by atoms with Gasteiger partial charge in [-0.1, -0.05) is 0 Å². The van der Waals surface area contributed by atoms with Crippen LogP contribution in [0, 0.1) is 0 Å². The van der Waals surface area contributed by atoms with Gasteiger partial charge in [-0.05, 0) is 31.3 Å². The molecule has 2 aliphatic heterocycles. The molecule has 0 bridgehead atoms. The molecule has 0 fully saturated rings. The summed E-state index contributed by atoms with van der Waals surface area (Å²) in [6, 6.07) is 0. The van der Waals surface area contributed by atoms with E-state index in [9.17, 15) is 24.3 Å². The lowest BCUT2D eigenvalue weighted by atomic mass is 10.1. The smallest absolute Gasteiger partial charge is 0.258 e. The molecular weight excluding hydrogens is 536 g/mol. The van der Waals surface area contributed by atoms with Gasteiger partial charge < -0.3 is 43.7 Å². The van der Waals surface area contributed by atoms with Crippen LogP contribution in [-0.2, 0) is 38.1 Å². The summed E-state index contributed by atoms with van der Waals surface area (Å²) >= 11 is 0. The number of aliphatic hydroxyl groups is 1. The van der Waals surface area contributed by atoms with Crippen molar-refractivity contribution < 1.29 is 43.2 Å². The monoisotopic (exact) mass is 582 g/mol. The van der Waals surface area contributed by atoms with Crippen LogP contribution in [0.5, 0.6) is 0 Å². The fourth-order valence-electron chi connectivity index (χ4n) is 4.77. The van der Waals surface area contributed by atoms with Gasteiger partial charge in [-0.3, -0.25) is 19.2 Å². The number of rotatable bonds is 21. The minimum absolute atomic E-state index is 0.0155. The molecule has 1 N–H and O–H groups in total. The lowest BCUT2D eigenvalue weighted by molar-refractivity contribution is -0.138. The maximum atomic E-state index is 13.2. The molecule has 0 radical (unpaired) electrons. The van der Waals surface area contributed by atoms with Crippen molar-refractivity contribution in [2.24, 2.45) is 0 Å². The number of carbonyl (C=O) groups is 4. The molecule has 0 aromatic rings. The average molecular weight is 583 g/mol. The van der Waals surface area contributed by atoms with E-state index in [-0.39, 0.29) is 49.3 Å². The quantitative estimate of drug-likeness (QED) is 0.188. The summed E-state index contributed by atoms with van der Waals surface area (Å²) in [7, 11) is 6.39. The van der Waals surface area contributed by atoms with E-state index in [1.165, 1.54) is 15.9 Å². The fraction of sp³-hybridized carbons (Fsp3) is 0.714. The second kappa shape index (κ2) is 18.4. The second-order valence-corrected chi connectivity index (χ2v) is 9.99. The first-order chi connectivity index (χ1) is 19.8. The minimum Gasteiger partial charge on any atom is -0.510 e. The Balaban J connectivity index is 2.00. The zero-order chi connectivity index (χ0) is 30.2. The van der Waals surface area contributed by atoms with E-state index in [0.29, 0.717) is 83.9 Å². The Hall–Kier alpha value is -3.00. The Morgan fingerprint density at radius 3 is 1.56 bits per heavy atom. The van der Waals surface area contributed by atoms with Crippen molar-refractivity contribution in [1.82, 2.24) is 19.6 Å². The van der Waals surface area contributed by atoms with Crippen LogP contribution in [0.4, 0.5) is 0 Å². The molecule has 0 aliphatic carbocycles. The zero-order valence-corrected chi connectivity index (χ0v) is 24.9. The third-order valence-corrected chi connectivity index (χ3v) is 6.89. The van der Waals surface area contributed by atoms with Gasteiger partial charge in [0.15, 0.2) is 0 Å². The van der Waals surface area contributed by atoms with Gasteiger partial charge in [0.05, 0.1) is 12.1 Å². The largest absolute Gasteiger partial charge is 0.510 e. The summed E-state index contributed by atoms with van der Waals surface area (Å²) < 4.78 is 20.4. The highest BCUT2D eigenvalue weighted by atomic mass is 16.5. The number of carbonyl (C=O) groups excluding carboxylic acids is 4. The van der Waals surface area contributed by atoms with E-state index in [4.69, 9.17) is 18.9 Å². The maximum absolute atomic E-state index is 13.2. The molecule has 2 aliphatic rings. The number of nitrogens with zero attached hydrogens (tertiary/aromatic N) is 4. The van der Waals surface area contributed by atoms with Gasteiger partial charge in [0, 0.05) is 93.7 Å². The molecule has 232 valence electrons. The molecule has 0 saturated carbocycles. The number of ether oxygens (including phenoxy) is 4. The molecule has 0 saturated heterocycles. The Bertz CT molecular complexity index is 933. The van der Waals surface area contributed by atoms with Crippen LogP contribution in [-0.4, -0.2) is 156 Å². The summed E-state index contributed by atoms with van der Waals surface area (Å²) in [5.74, 6) is -1.58. The summed E-state index contributed by atoms with van der Waals surface area (Å²) in [6.45, 7) is 3.48. The molecule has 4 amide bonds. The van der Waals surface area contributed by atoms with Crippen molar-refractivity contribution in [1.29, 1.82) is 0 Å². The normalized spacial score (nSPS) is 15.3. The lowest BCUT2D eigenvalue weighted by Crippen LogP contribution is -2.43. The van der Waals surface area contributed by atoms with Gasteiger partial charge in [-0.15, -0.1) is 0 Å². The van der Waals surface area contributed by atoms with Crippen LogP contribution in [0.2, 0.25) is 0 Å². The van der Waals surface area contributed by atoms with Crippen molar-refractivity contribution in [3.63, 3.8) is 0 Å². The Morgan fingerprint density at radius 1 is 0.732 bits per heavy atom. The Kier molecular flexibility index (Phi) is 15.4. The second-order valence-electron chi connectivity index (χ2n) is 9.99. The third-order valence-electron chi connectivity index (χ3n) is 6.89. The van der Waals surface area contributed by atoms with Crippen LogP contribution in [0.1, 0.15) is 25.7 Å². The van der Waals surface area contributed by atoms with Crippen LogP contribution >= 0.6 is 0 Å². The van der Waals surface area contributed by atoms with Crippen LogP contribution in [0.3, 0.4) is 0 Å². The molecule has 13 heteroatoms. The van der Waals surface area contributed by atoms with Gasteiger partial charge in [-0.2, -0.15) is 0 Å². The highest BCUT2D eigenvalue weighted by Crippen LogP contribution is 2.28. The molecule has 2 rings (SSSR count). The molecule has 41 heavy (non-hydrogen) atoms. The van der Waals surface area contributed by atoms with E-state index >= 15 is 0 Å². The van der Waals surface area contributed by atoms with Crippen LogP contribution < -0.4 is 0 Å². The maximum Gasteiger partial charge on any atom is 0.258 e. The van der Waals surface area contributed by atoms with Gasteiger partial charge in [0.25, 0.3) is 5.91 Å². The number of hydrogen-bond donors (Lipinski definition) is 1. The Labute approximate surface area is 242 Å². The predicted octanol–water partition coefficient (Wildman–Crippen LogP) is 0.213. The highest BCUT2D eigenvalue weighted by molar-refractivity contribution is 6.06. The van der Waals surface area contributed by atoms with Crippen molar-refractivity contribution in [2.45, 2.75) is 25.7 Å². The van der Waals surface area contributed by atoms with Gasteiger partial charge in [-0.25, -0.2) is 0 Å². The molecule has 0 unspecified atom stereocenters. The SMILES string of the molecule is COCCCN(CCCOC)C(=O)CN1CC(C2=C(O)CN(CC(=O)N(CCCOC)CCCOC)C2=O)=CC1=O. The summed E-state index contributed by atoms with van der Waals surface area (Å²) in [5.41, 5.74) is 0.353. The molecule has 0 atom stereocenters. The predicted molar refractivity (Wildman–Crippen MR) is 150 cm³/mol. The molecule has 0 spiro atoms. The van der Waals surface area contributed by atoms with Crippen molar-refractivity contribution in [3.8, 4) is 0 Å². The molecule has 2 heterocycles. The molecule has 0 aromatic heterocycles. The minimum atomic E-state index is -0.516. The first-order valence-corrected chi connectivity index (χ1v) is 14.0. The standard InChI is InChI=1S/C28H46N4O9/c1-38-13-5-9-29(10-6-14-39-2)25(35)20-31-18-22(17-24(31)34)27-23(33)19-32(28(27)37)21-26(36)30(11-7-15-40-3)12-8-16-41-4/h17,33H,5-16,18-21H2,1-4H3. The van der Waals surface area contributed by atoms with E-state index in [0.717, 1.165) is 0 Å². The van der Waals surface area contributed by atoms with E-state index in [1.54, 1.807) is 38.2 Å². The summed E-state index contributed by atoms with van der Waals surface area (Å²) in [6.07, 6.45) is 3.90. The fourth-order valence-corrected chi connectivity index (χ4v) is 4.77. The summed E-state index contributed by atoms with van der Waals surface area (Å²) in [4.78, 5) is 58.1. The van der Waals surface area contributed by atoms with Crippen LogP contribution in [0.25, 0.3) is 0 Å². The van der Waals surface area contributed by atoms with Crippen molar-refractivity contribution >= 4 is 23.6 Å². The van der Waals surface area contributed by atoms with Crippen molar-refractivity contribution in [2.75, 3.05) is 107 Å². The molecular formula is C28H46N4O9. The number of methoxy groups -OCH3 is 4. The first-order valence-electron chi connectivity index (χ1n) is 14.0. The van der Waals surface area contributed by atoms with E-state index < -0.39 is 11.8 Å². The lowest BCUT2D eigenvalue weighted by Gasteiger charge is -2.26. The Morgan fingerprint density at radius 2 is 1.15 bits per heavy atom. The number of aliphatic hydroxyl groups excluding tert-OH is 1. The third kappa shape index (κ3) is 10.7. The number of hydrogen-bond acceptors (Lipinski definition) is 9. The van der Waals surface area contributed by atoms with Crippen molar-refractivity contribution in [3.05, 3.63) is 23.0 Å². The summed E-state index contributed by atoms with van der Waals surface area (Å²) in [5, 5.41) is 10.7. The molecule has 0 aromatic carbocycles. The van der Waals surface area contributed by atoms with Gasteiger partial charge in [0.1, 0.15) is 18.8 Å². The van der Waals surface area contributed by atoms with E-state index in [2.05, 4.69) is 0 Å².